The Morgan fingerprint density at radius 1 is 1.28 bits per heavy atom. The van der Waals surface area contributed by atoms with Gasteiger partial charge in [0.2, 0.25) is 11.7 Å². The lowest BCUT2D eigenvalue weighted by Gasteiger charge is -2.13. The fraction of sp³-hybridized carbons (Fsp3) is 0.294. The molecule has 0 spiro atoms. The highest BCUT2D eigenvalue weighted by Crippen LogP contribution is 2.30. The number of hydrogen-bond donors (Lipinski definition) is 1. The van der Waals surface area contributed by atoms with Crippen LogP contribution in [0.25, 0.3) is 0 Å². The maximum atomic E-state index is 12.8. The number of H-pyrrole nitrogens is 1. The molecule has 12 heteroatoms. The van der Waals surface area contributed by atoms with Crippen LogP contribution in [0.5, 0.6) is 0 Å². The van der Waals surface area contributed by atoms with Crippen LogP contribution in [0.4, 0.5) is 0 Å². The highest BCUT2D eigenvalue weighted by molar-refractivity contribution is 7.91. The van der Waals surface area contributed by atoms with Crippen molar-refractivity contribution in [3.8, 4) is 0 Å². The summed E-state index contributed by atoms with van der Waals surface area (Å²) in [5, 5.41) is 6.30. The van der Waals surface area contributed by atoms with E-state index in [2.05, 4.69) is 10.2 Å². The molecule has 3 aromatic rings. The van der Waals surface area contributed by atoms with Gasteiger partial charge in [0.1, 0.15) is 5.56 Å². The van der Waals surface area contributed by atoms with Gasteiger partial charge in [-0.05, 0) is 12.1 Å². The molecule has 0 aliphatic heterocycles. The lowest BCUT2D eigenvalue weighted by atomic mass is 10.0. The van der Waals surface area contributed by atoms with Crippen LogP contribution in [0.2, 0.25) is 5.02 Å². The Labute approximate surface area is 169 Å². The predicted octanol–water partition coefficient (Wildman–Crippen LogP) is 0.898. The molecule has 2 heterocycles. The van der Waals surface area contributed by atoms with E-state index in [1.807, 2.05) is 0 Å². The Morgan fingerprint density at radius 2 is 1.97 bits per heavy atom. The van der Waals surface area contributed by atoms with Crippen molar-refractivity contribution in [1.82, 2.24) is 19.6 Å². The van der Waals surface area contributed by atoms with E-state index in [1.54, 1.807) is 0 Å². The van der Waals surface area contributed by atoms with Gasteiger partial charge in [0, 0.05) is 31.3 Å². The zero-order chi connectivity index (χ0) is 21.5. The molecule has 0 saturated carbocycles. The number of carbonyl (C=O) groups excluding carboxylic acids is 1. The summed E-state index contributed by atoms with van der Waals surface area (Å²) in [5.41, 5.74) is -0.758. The first kappa shape index (κ1) is 20.8. The third-order valence-corrected chi connectivity index (χ3v) is 6.60. The van der Waals surface area contributed by atoms with Crippen LogP contribution < -0.4 is 11.3 Å². The second kappa shape index (κ2) is 7.48. The van der Waals surface area contributed by atoms with Gasteiger partial charge < -0.3 is 9.52 Å². The summed E-state index contributed by atoms with van der Waals surface area (Å²) < 4.78 is 31.9. The lowest BCUT2D eigenvalue weighted by Crippen LogP contribution is -2.22. The molecule has 0 bridgehead atoms. The molecule has 29 heavy (non-hydrogen) atoms. The fourth-order valence-corrected chi connectivity index (χ4v) is 4.30. The molecular weight excluding hydrogens is 424 g/mol. The number of nitrogens with zero attached hydrogens (tertiary/aromatic N) is 3. The Hall–Kier alpha value is -2.92. The quantitative estimate of drug-likeness (QED) is 0.562. The van der Waals surface area contributed by atoms with Crippen molar-refractivity contribution < 1.29 is 17.6 Å². The Bertz CT molecular complexity index is 1330. The molecule has 0 aliphatic carbocycles. The number of sulfone groups is 1. The van der Waals surface area contributed by atoms with Gasteiger partial charge in [-0.2, -0.15) is 4.68 Å². The smallest absolute Gasteiger partial charge is 0.393 e. The zero-order valence-corrected chi connectivity index (χ0v) is 17.3. The standard InChI is InChI=1S/C17H17ClN4O6S/c1-4-29(26,27)13-6-5-10(15(23)11-7-19-21(3)16(11)24)14(18)12(13)8-22-17(25)28-9(2)20-22/h5-7,19H,4,8H2,1-3H3. The number of ketones is 1. The second-order valence-corrected chi connectivity index (χ2v) is 8.86. The van der Waals surface area contributed by atoms with Crippen LogP contribution in [0.15, 0.2) is 37.2 Å². The fourth-order valence-electron chi connectivity index (χ4n) is 2.80. The van der Waals surface area contributed by atoms with Gasteiger partial charge >= 0.3 is 5.76 Å². The van der Waals surface area contributed by atoms with E-state index in [-0.39, 0.29) is 44.8 Å². The molecule has 0 fully saturated rings. The SMILES string of the molecule is CCS(=O)(=O)c1ccc(C(=O)c2c[nH]n(C)c2=O)c(Cl)c1Cn1nc(C)oc1=O. The summed E-state index contributed by atoms with van der Waals surface area (Å²) in [5.74, 6) is -1.60. The zero-order valence-electron chi connectivity index (χ0n) is 15.7. The molecule has 0 radical (unpaired) electrons. The summed E-state index contributed by atoms with van der Waals surface area (Å²) >= 11 is 6.41. The van der Waals surface area contributed by atoms with Crippen molar-refractivity contribution in [2.24, 2.45) is 7.05 Å². The van der Waals surface area contributed by atoms with Gasteiger partial charge in [-0.3, -0.25) is 14.3 Å². The van der Waals surface area contributed by atoms with Crippen LogP contribution in [0.3, 0.4) is 0 Å². The maximum absolute atomic E-state index is 12.8. The molecule has 0 aliphatic rings. The Balaban J connectivity index is 2.22. The van der Waals surface area contributed by atoms with E-state index in [9.17, 15) is 22.8 Å². The molecule has 154 valence electrons. The molecule has 2 aromatic heterocycles. The normalized spacial score (nSPS) is 11.7. The second-order valence-electron chi connectivity index (χ2n) is 6.23. The van der Waals surface area contributed by atoms with Gasteiger partial charge in [0.05, 0.1) is 22.2 Å². The van der Waals surface area contributed by atoms with Crippen LogP contribution in [-0.4, -0.2) is 39.5 Å². The number of nitrogens with one attached hydrogen (secondary N) is 1. The van der Waals surface area contributed by atoms with Gasteiger partial charge in [-0.25, -0.2) is 13.2 Å². The molecule has 0 atom stereocenters. The van der Waals surface area contributed by atoms with E-state index in [0.717, 1.165) is 9.36 Å². The van der Waals surface area contributed by atoms with Crippen LogP contribution in [0, 0.1) is 6.92 Å². The van der Waals surface area contributed by atoms with Crippen molar-refractivity contribution in [3.63, 3.8) is 0 Å². The summed E-state index contributed by atoms with van der Waals surface area (Å²) in [6.45, 7) is 2.60. The number of benzene rings is 1. The van der Waals surface area contributed by atoms with Gasteiger partial charge in [-0.15, -0.1) is 5.10 Å². The summed E-state index contributed by atoms with van der Waals surface area (Å²) in [6.07, 6.45) is 1.24. The molecular formula is C17H17ClN4O6S. The molecule has 1 aromatic carbocycles. The minimum atomic E-state index is -3.73. The molecule has 1 N–H and O–H groups in total. The van der Waals surface area contributed by atoms with Crippen LogP contribution in [-0.2, 0) is 23.4 Å². The Kier molecular flexibility index (Phi) is 5.37. The number of rotatable bonds is 6. The highest BCUT2D eigenvalue weighted by Gasteiger charge is 2.26. The topological polar surface area (TPSA) is 137 Å². The average Bonchev–Trinajstić information content (AvgIpc) is 3.16. The monoisotopic (exact) mass is 440 g/mol. The minimum absolute atomic E-state index is 0.0159. The van der Waals surface area contributed by atoms with Crippen molar-refractivity contribution in [1.29, 1.82) is 0 Å². The number of halogens is 1. The number of aryl methyl sites for hydroxylation is 2. The van der Waals surface area contributed by atoms with Crippen molar-refractivity contribution in [3.05, 3.63) is 66.8 Å². The minimum Gasteiger partial charge on any atom is -0.393 e. The van der Waals surface area contributed by atoms with Crippen LogP contribution in [0.1, 0.15) is 34.3 Å². The first-order valence-corrected chi connectivity index (χ1v) is 10.5. The van der Waals surface area contributed by atoms with Crippen molar-refractivity contribution >= 4 is 27.2 Å². The van der Waals surface area contributed by atoms with Gasteiger partial charge in [0.15, 0.2) is 9.84 Å². The molecule has 0 unspecified atom stereocenters. The lowest BCUT2D eigenvalue weighted by molar-refractivity contribution is 0.103. The molecule has 10 nitrogen and oxygen atoms in total. The van der Waals surface area contributed by atoms with E-state index in [0.29, 0.717) is 0 Å². The molecule has 0 amide bonds. The van der Waals surface area contributed by atoms with E-state index in [4.69, 9.17) is 16.0 Å². The van der Waals surface area contributed by atoms with Gasteiger partial charge in [-0.1, -0.05) is 18.5 Å². The van der Waals surface area contributed by atoms with Crippen molar-refractivity contribution in [2.45, 2.75) is 25.3 Å². The molecule has 3 rings (SSSR count). The Morgan fingerprint density at radius 3 is 2.48 bits per heavy atom. The number of aromatic amines is 1. The largest absolute Gasteiger partial charge is 0.437 e. The summed E-state index contributed by atoms with van der Waals surface area (Å²) in [4.78, 5) is 36.7. The van der Waals surface area contributed by atoms with E-state index in [1.165, 1.54) is 39.2 Å². The van der Waals surface area contributed by atoms with Crippen LogP contribution >= 0.6 is 11.6 Å². The highest BCUT2D eigenvalue weighted by atomic mass is 35.5. The molecule has 0 saturated heterocycles. The van der Waals surface area contributed by atoms with E-state index < -0.39 is 26.9 Å². The van der Waals surface area contributed by atoms with E-state index >= 15 is 0 Å². The predicted molar refractivity (Wildman–Crippen MR) is 103 cm³/mol. The third kappa shape index (κ3) is 3.70. The van der Waals surface area contributed by atoms with Gasteiger partial charge in [0.25, 0.3) is 5.56 Å². The first-order valence-electron chi connectivity index (χ1n) is 8.44. The number of hydrogen-bond acceptors (Lipinski definition) is 7. The average molecular weight is 441 g/mol. The summed E-state index contributed by atoms with van der Waals surface area (Å²) in [7, 11) is -2.28. The maximum Gasteiger partial charge on any atom is 0.437 e. The van der Waals surface area contributed by atoms with Crippen molar-refractivity contribution in [2.75, 3.05) is 5.75 Å². The number of aromatic nitrogens is 4. The third-order valence-electron chi connectivity index (χ3n) is 4.36. The first-order chi connectivity index (χ1) is 13.6. The number of carbonyl (C=O) groups is 1. The summed E-state index contributed by atoms with van der Waals surface area (Å²) in [6, 6.07) is 2.49.